The van der Waals surface area contributed by atoms with Crippen molar-refractivity contribution in [2.75, 3.05) is 38.1 Å². The highest BCUT2D eigenvalue weighted by molar-refractivity contribution is 7.92. The molecule has 4 rings (SSSR count). The molecule has 0 aliphatic carbocycles. The van der Waals surface area contributed by atoms with Crippen LogP contribution in [0.4, 0.5) is 5.69 Å². The predicted molar refractivity (Wildman–Crippen MR) is 185 cm³/mol. The average molecular weight is 722 g/mol. The number of aliphatic hydroxyl groups is 1. The van der Waals surface area contributed by atoms with Crippen molar-refractivity contribution in [2.24, 2.45) is 5.92 Å². The third-order valence-electron chi connectivity index (χ3n) is 8.32. The second kappa shape index (κ2) is 16.5. The number of amides is 1. The maximum absolute atomic E-state index is 14.4. The molecular formula is C34H44ClN3O8S2. The molecule has 3 aromatic rings. The lowest BCUT2D eigenvalue weighted by Gasteiger charge is -2.35. The van der Waals surface area contributed by atoms with Gasteiger partial charge in [-0.3, -0.25) is 9.52 Å². The molecule has 11 nitrogen and oxygen atoms in total. The Hall–Kier alpha value is -3.20. The quantitative estimate of drug-likeness (QED) is 0.305. The van der Waals surface area contributed by atoms with Gasteiger partial charge >= 0.3 is 0 Å². The number of carbonyl (C=O) groups is 1. The van der Waals surface area contributed by atoms with Gasteiger partial charge in [0.2, 0.25) is 10.0 Å². The van der Waals surface area contributed by atoms with E-state index in [2.05, 4.69) is 4.72 Å². The summed E-state index contributed by atoms with van der Waals surface area (Å²) in [6.45, 7) is 5.66. The number of rotatable bonds is 9. The molecule has 0 bridgehead atoms. The Morgan fingerprint density at radius 1 is 1.00 bits per heavy atom. The van der Waals surface area contributed by atoms with Crippen molar-refractivity contribution < 1.29 is 36.2 Å². The van der Waals surface area contributed by atoms with Crippen LogP contribution in [0.1, 0.15) is 50.4 Å². The number of fused-ring (bicyclic) bond motifs is 1. The Balaban J connectivity index is 1.68. The Kier molecular flexibility index (Phi) is 12.9. The van der Waals surface area contributed by atoms with Crippen molar-refractivity contribution in [3.8, 4) is 5.75 Å². The van der Waals surface area contributed by atoms with Gasteiger partial charge in [-0.1, -0.05) is 36.7 Å². The van der Waals surface area contributed by atoms with Gasteiger partial charge in [0.25, 0.3) is 15.9 Å². The van der Waals surface area contributed by atoms with Gasteiger partial charge in [0.15, 0.2) is 0 Å². The summed E-state index contributed by atoms with van der Waals surface area (Å²) in [7, 11) is -6.31. The molecule has 0 unspecified atom stereocenters. The summed E-state index contributed by atoms with van der Waals surface area (Å²) in [6.07, 6.45) is 1.26. The Bertz CT molecular complexity index is 1740. The van der Waals surface area contributed by atoms with Crippen LogP contribution in [0.3, 0.4) is 0 Å². The molecule has 0 spiro atoms. The van der Waals surface area contributed by atoms with Gasteiger partial charge in [-0.25, -0.2) is 16.8 Å². The normalized spacial score (nSPS) is 20.8. The average Bonchev–Trinajstić information content (AvgIpc) is 3.06. The van der Waals surface area contributed by atoms with Crippen molar-refractivity contribution >= 4 is 43.2 Å². The molecule has 0 fully saturated rings. The van der Waals surface area contributed by atoms with Crippen LogP contribution in [0.2, 0.25) is 5.02 Å². The summed E-state index contributed by atoms with van der Waals surface area (Å²) in [5.74, 6) is -0.573. The van der Waals surface area contributed by atoms with E-state index in [1.807, 2.05) is 13.8 Å². The summed E-state index contributed by atoms with van der Waals surface area (Å²) < 4.78 is 69.4. The molecule has 1 heterocycles. The third-order valence-corrected chi connectivity index (χ3v) is 11.8. The number of halogens is 1. The van der Waals surface area contributed by atoms with Crippen molar-refractivity contribution in [2.45, 2.75) is 68.1 Å². The van der Waals surface area contributed by atoms with Crippen molar-refractivity contribution in [1.82, 2.24) is 9.21 Å². The highest BCUT2D eigenvalue weighted by Gasteiger charge is 2.32. The maximum atomic E-state index is 14.4. The first-order chi connectivity index (χ1) is 22.7. The fourth-order valence-corrected chi connectivity index (χ4v) is 7.78. The molecule has 1 amide bonds. The van der Waals surface area contributed by atoms with E-state index in [4.69, 9.17) is 21.1 Å². The number of anilines is 1. The number of carbonyl (C=O) groups excluding carboxylic acids is 1. The monoisotopic (exact) mass is 721 g/mol. The smallest absolute Gasteiger partial charge is 0.261 e. The van der Waals surface area contributed by atoms with E-state index in [1.165, 1.54) is 64.8 Å². The van der Waals surface area contributed by atoms with Gasteiger partial charge in [0.05, 0.1) is 40.2 Å². The summed E-state index contributed by atoms with van der Waals surface area (Å²) in [5, 5.41) is 10.6. The standard InChI is InChI=1S/C34H44ClN3O8S2/c1-24-21-38(25(2)23-39)34(40)31-20-28(36-47(41,42)29-16-13-27(35)14-17-29)15-18-32(31)46-26(3)10-8-9-19-45-33(24)22-37(4)48(43,44)30-11-6-5-7-12-30/h5-7,11-18,20,24-26,33,36,39H,8-10,19,21-23H2,1-4H3/t24-,25+,26+,33-/m0/s1. The Morgan fingerprint density at radius 3 is 2.35 bits per heavy atom. The second-order valence-electron chi connectivity index (χ2n) is 12.2. The van der Waals surface area contributed by atoms with E-state index >= 15 is 0 Å². The van der Waals surface area contributed by atoms with E-state index in [-0.39, 0.29) is 58.5 Å². The van der Waals surface area contributed by atoms with E-state index in [1.54, 1.807) is 31.2 Å². The lowest BCUT2D eigenvalue weighted by atomic mass is 10.0. The molecule has 2 N–H and O–H groups in total. The van der Waals surface area contributed by atoms with Crippen LogP contribution >= 0.6 is 11.6 Å². The van der Waals surface area contributed by atoms with Gasteiger partial charge in [0.1, 0.15) is 5.75 Å². The fourth-order valence-electron chi connectivity index (χ4n) is 5.40. The first-order valence-corrected chi connectivity index (χ1v) is 19.2. The lowest BCUT2D eigenvalue weighted by molar-refractivity contribution is -0.00833. The van der Waals surface area contributed by atoms with Crippen molar-refractivity contribution in [3.63, 3.8) is 0 Å². The van der Waals surface area contributed by atoms with Crippen LogP contribution in [0, 0.1) is 5.92 Å². The minimum atomic E-state index is -4.01. The highest BCUT2D eigenvalue weighted by atomic mass is 35.5. The number of ether oxygens (including phenoxy) is 2. The van der Waals surface area contributed by atoms with Gasteiger partial charge in [0, 0.05) is 43.4 Å². The molecule has 0 radical (unpaired) electrons. The summed E-state index contributed by atoms with van der Waals surface area (Å²) in [6, 6.07) is 17.7. The number of nitrogens with one attached hydrogen (secondary N) is 1. The van der Waals surface area contributed by atoms with Gasteiger partial charge < -0.3 is 19.5 Å². The zero-order valence-electron chi connectivity index (χ0n) is 27.6. The molecule has 4 atom stereocenters. The lowest BCUT2D eigenvalue weighted by Crippen LogP contribution is -2.48. The van der Waals surface area contributed by atoms with Crippen LogP contribution in [0.5, 0.6) is 5.75 Å². The van der Waals surface area contributed by atoms with Crippen LogP contribution in [0.15, 0.2) is 82.6 Å². The molecule has 14 heteroatoms. The molecule has 1 aliphatic heterocycles. The molecular weight excluding hydrogens is 678 g/mol. The van der Waals surface area contributed by atoms with Crippen LogP contribution in [0.25, 0.3) is 0 Å². The zero-order chi connectivity index (χ0) is 35.1. The predicted octanol–water partition coefficient (Wildman–Crippen LogP) is 5.26. The number of hydrogen-bond donors (Lipinski definition) is 2. The van der Waals surface area contributed by atoms with Gasteiger partial charge in [-0.15, -0.1) is 0 Å². The number of nitrogens with zero attached hydrogens (tertiary/aromatic N) is 2. The first-order valence-electron chi connectivity index (χ1n) is 15.9. The Morgan fingerprint density at radius 2 is 1.69 bits per heavy atom. The number of hydrogen-bond acceptors (Lipinski definition) is 8. The van der Waals surface area contributed by atoms with E-state index in [0.29, 0.717) is 24.5 Å². The zero-order valence-corrected chi connectivity index (χ0v) is 30.0. The van der Waals surface area contributed by atoms with E-state index in [9.17, 15) is 26.7 Å². The van der Waals surface area contributed by atoms with E-state index in [0.717, 1.165) is 6.42 Å². The molecule has 0 saturated carbocycles. The SMILES string of the molecule is C[C@@H]1CCCCO[C@@H](CN(C)S(=O)(=O)c2ccccc2)[C@@H](C)CN([C@H](C)CO)C(=O)c2cc(NS(=O)(=O)c3ccc(Cl)cc3)ccc2O1. The van der Waals surface area contributed by atoms with Crippen LogP contribution in [-0.4, -0.2) is 88.7 Å². The number of aliphatic hydroxyl groups excluding tert-OH is 1. The van der Waals surface area contributed by atoms with E-state index < -0.39 is 38.1 Å². The molecule has 48 heavy (non-hydrogen) atoms. The largest absolute Gasteiger partial charge is 0.490 e. The second-order valence-corrected chi connectivity index (χ2v) is 16.3. The van der Waals surface area contributed by atoms with Gasteiger partial charge in [-0.05, 0) is 87.7 Å². The molecule has 0 saturated heterocycles. The van der Waals surface area contributed by atoms with Crippen LogP contribution in [-0.2, 0) is 24.8 Å². The molecule has 1 aliphatic rings. The summed E-state index contributed by atoms with van der Waals surface area (Å²) in [4.78, 5) is 16.0. The Labute approximate surface area is 288 Å². The minimum absolute atomic E-state index is 0.00201. The van der Waals surface area contributed by atoms with Crippen molar-refractivity contribution in [1.29, 1.82) is 0 Å². The molecule has 262 valence electrons. The summed E-state index contributed by atoms with van der Waals surface area (Å²) >= 11 is 5.94. The highest BCUT2D eigenvalue weighted by Crippen LogP contribution is 2.30. The van der Waals surface area contributed by atoms with Crippen molar-refractivity contribution in [3.05, 3.63) is 83.4 Å². The minimum Gasteiger partial charge on any atom is -0.490 e. The number of likely N-dealkylation sites (N-methyl/N-ethyl adjacent to an activating group) is 1. The topological polar surface area (TPSA) is 143 Å². The molecule has 3 aromatic carbocycles. The maximum Gasteiger partial charge on any atom is 0.261 e. The first kappa shape index (κ1) is 37.6. The fraction of sp³-hybridized carbons (Fsp3) is 0.441. The third kappa shape index (κ3) is 9.48. The van der Waals surface area contributed by atoms with Crippen LogP contribution < -0.4 is 9.46 Å². The molecule has 0 aromatic heterocycles. The summed E-state index contributed by atoms with van der Waals surface area (Å²) in [5.41, 5.74) is 0.261. The van der Waals surface area contributed by atoms with Gasteiger partial charge in [-0.2, -0.15) is 4.31 Å². The number of benzene rings is 3. The number of sulfonamides is 2.